The lowest BCUT2D eigenvalue weighted by atomic mass is 9.91. The summed E-state index contributed by atoms with van der Waals surface area (Å²) < 4.78 is 5.35. The summed E-state index contributed by atoms with van der Waals surface area (Å²) in [6.07, 6.45) is 4.05. The number of hydrogen-bond acceptors (Lipinski definition) is 4. The van der Waals surface area contributed by atoms with E-state index < -0.39 is 5.91 Å². The van der Waals surface area contributed by atoms with Crippen LogP contribution in [0.4, 0.5) is 5.00 Å². The second-order valence-electron chi connectivity index (χ2n) is 7.46. The van der Waals surface area contributed by atoms with Crippen LogP contribution in [0.2, 0.25) is 5.02 Å². The quantitative estimate of drug-likeness (QED) is 0.758. The highest BCUT2D eigenvalue weighted by atomic mass is 35.5. The lowest BCUT2D eigenvalue weighted by Gasteiger charge is -2.21. The van der Waals surface area contributed by atoms with Crippen LogP contribution in [0, 0.1) is 5.92 Å². The number of fused-ring (bicyclic) bond motifs is 1. The number of aryl methyl sites for hydroxylation is 1. The van der Waals surface area contributed by atoms with Crippen molar-refractivity contribution in [2.75, 3.05) is 18.5 Å². The number of benzene rings is 1. The summed E-state index contributed by atoms with van der Waals surface area (Å²) in [5, 5.41) is 4.24. The van der Waals surface area contributed by atoms with Gasteiger partial charge in [-0.2, -0.15) is 0 Å². The van der Waals surface area contributed by atoms with Gasteiger partial charge < -0.3 is 15.8 Å². The standard InChI is InChI=1S/C21H23ClN2O3S/c22-14-3-1-13(2-4-14)15-5-6-16-18(15)19(20(23)26)21(28-16)24-17(25)11-12-7-9-27-10-8-12/h1-4,12,15H,5-11H2,(H2,23,26)(H,24,25). The normalized spacial score (nSPS) is 19.4. The third-order valence-electron chi connectivity index (χ3n) is 5.62. The molecule has 148 valence electrons. The minimum Gasteiger partial charge on any atom is -0.381 e. The number of thiophene rings is 1. The fraction of sp³-hybridized carbons (Fsp3) is 0.429. The number of halogens is 1. The van der Waals surface area contributed by atoms with Gasteiger partial charge in [-0.25, -0.2) is 0 Å². The molecule has 0 radical (unpaired) electrons. The van der Waals surface area contributed by atoms with Crippen LogP contribution in [0.1, 0.15) is 58.0 Å². The molecule has 4 rings (SSSR count). The number of rotatable bonds is 5. The number of ether oxygens (including phenoxy) is 1. The molecule has 0 spiro atoms. The fourth-order valence-electron chi connectivity index (χ4n) is 4.22. The molecule has 2 aliphatic rings. The van der Waals surface area contributed by atoms with E-state index >= 15 is 0 Å². The number of carbonyl (C=O) groups is 2. The first-order valence-corrected chi connectivity index (χ1v) is 10.8. The number of primary amides is 1. The number of anilines is 1. The van der Waals surface area contributed by atoms with Gasteiger partial charge in [0, 0.05) is 35.5 Å². The Morgan fingerprint density at radius 3 is 2.57 bits per heavy atom. The maximum atomic E-state index is 12.6. The van der Waals surface area contributed by atoms with Gasteiger partial charge in [-0.15, -0.1) is 11.3 Å². The van der Waals surface area contributed by atoms with Gasteiger partial charge in [0.25, 0.3) is 5.91 Å². The number of amides is 2. The summed E-state index contributed by atoms with van der Waals surface area (Å²) in [4.78, 5) is 26.0. The molecular weight excluding hydrogens is 396 g/mol. The van der Waals surface area contributed by atoms with Gasteiger partial charge in [-0.3, -0.25) is 9.59 Å². The molecule has 1 saturated heterocycles. The van der Waals surface area contributed by atoms with Crippen molar-refractivity contribution in [1.29, 1.82) is 0 Å². The zero-order chi connectivity index (χ0) is 19.7. The van der Waals surface area contributed by atoms with E-state index in [1.54, 1.807) is 0 Å². The Morgan fingerprint density at radius 1 is 1.18 bits per heavy atom. The van der Waals surface area contributed by atoms with Gasteiger partial charge in [0.2, 0.25) is 5.91 Å². The summed E-state index contributed by atoms with van der Waals surface area (Å²) >= 11 is 7.50. The molecular formula is C21H23ClN2O3S. The van der Waals surface area contributed by atoms with E-state index in [4.69, 9.17) is 22.1 Å². The van der Waals surface area contributed by atoms with Gasteiger partial charge in [-0.1, -0.05) is 23.7 Å². The van der Waals surface area contributed by atoms with E-state index in [1.807, 2.05) is 24.3 Å². The van der Waals surface area contributed by atoms with Gasteiger partial charge >= 0.3 is 0 Å². The number of nitrogens with one attached hydrogen (secondary N) is 1. The molecule has 2 heterocycles. The van der Waals surface area contributed by atoms with Crippen molar-refractivity contribution in [2.24, 2.45) is 11.7 Å². The highest BCUT2D eigenvalue weighted by Gasteiger charge is 2.34. The van der Waals surface area contributed by atoms with E-state index in [9.17, 15) is 9.59 Å². The van der Waals surface area contributed by atoms with E-state index in [1.165, 1.54) is 11.3 Å². The first-order valence-electron chi connectivity index (χ1n) is 9.61. The average molecular weight is 419 g/mol. The number of nitrogens with two attached hydrogens (primary N) is 1. The fourth-order valence-corrected chi connectivity index (χ4v) is 5.64. The second kappa shape index (κ2) is 8.23. The van der Waals surface area contributed by atoms with Crippen LogP contribution in [0.15, 0.2) is 24.3 Å². The van der Waals surface area contributed by atoms with Crippen LogP contribution >= 0.6 is 22.9 Å². The summed E-state index contributed by atoms with van der Waals surface area (Å²) in [6, 6.07) is 7.71. The van der Waals surface area contributed by atoms with Gasteiger partial charge in [0.05, 0.1) is 5.56 Å². The molecule has 1 aliphatic carbocycles. The lowest BCUT2D eigenvalue weighted by molar-refractivity contribution is -0.117. The van der Waals surface area contributed by atoms with Crippen molar-refractivity contribution in [3.63, 3.8) is 0 Å². The van der Waals surface area contributed by atoms with Crippen LogP contribution < -0.4 is 11.1 Å². The average Bonchev–Trinajstić information content (AvgIpc) is 3.21. The molecule has 0 saturated carbocycles. The molecule has 1 aromatic heterocycles. The molecule has 0 bridgehead atoms. The summed E-state index contributed by atoms with van der Waals surface area (Å²) in [5.41, 5.74) is 8.29. The molecule has 1 fully saturated rings. The third-order valence-corrected chi connectivity index (χ3v) is 7.05. The molecule has 7 heteroatoms. The molecule has 3 N–H and O–H groups in total. The predicted octanol–water partition coefficient (Wildman–Crippen LogP) is 4.33. The van der Waals surface area contributed by atoms with E-state index in [0.29, 0.717) is 41.1 Å². The molecule has 1 atom stereocenters. The van der Waals surface area contributed by atoms with Crippen molar-refractivity contribution in [2.45, 2.75) is 38.0 Å². The maximum Gasteiger partial charge on any atom is 0.252 e. The highest BCUT2D eigenvalue weighted by molar-refractivity contribution is 7.17. The van der Waals surface area contributed by atoms with Crippen LogP contribution in [-0.2, 0) is 16.0 Å². The Kier molecular flexibility index (Phi) is 5.71. The monoisotopic (exact) mass is 418 g/mol. The number of carbonyl (C=O) groups excluding carboxylic acids is 2. The Morgan fingerprint density at radius 2 is 1.89 bits per heavy atom. The van der Waals surface area contributed by atoms with Gasteiger partial charge in [0.15, 0.2) is 0 Å². The molecule has 2 amide bonds. The van der Waals surface area contributed by atoms with Crippen molar-refractivity contribution < 1.29 is 14.3 Å². The third kappa shape index (κ3) is 3.95. The zero-order valence-corrected chi connectivity index (χ0v) is 17.1. The topological polar surface area (TPSA) is 81.4 Å². The molecule has 5 nitrogen and oxygen atoms in total. The summed E-state index contributed by atoms with van der Waals surface area (Å²) in [5.74, 6) is -0.108. The maximum absolute atomic E-state index is 12.6. The largest absolute Gasteiger partial charge is 0.381 e. The first-order chi connectivity index (χ1) is 13.5. The predicted molar refractivity (Wildman–Crippen MR) is 111 cm³/mol. The number of hydrogen-bond donors (Lipinski definition) is 2. The van der Waals surface area contributed by atoms with Crippen LogP contribution in [0.25, 0.3) is 0 Å². The van der Waals surface area contributed by atoms with Gasteiger partial charge in [0.1, 0.15) is 5.00 Å². The first kappa shape index (κ1) is 19.4. The SMILES string of the molecule is NC(=O)c1c(NC(=O)CC2CCOCC2)sc2c1C(c1ccc(Cl)cc1)CC2. The van der Waals surface area contributed by atoms with Crippen LogP contribution in [0.3, 0.4) is 0 Å². The smallest absolute Gasteiger partial charge is 0.252 e. The lowest BCUT2D eigenvalue weighted by Crippen LogP contribution is -2.23. The molecule has 1 aromatic carbocycles. The van der Waals surface area contributed by atoms with Crippen molar-refractivity contribution in [3.8, 4) is 0 Å². The molecule has 2 aromatic rings. The van der Waals surface area contributed by atoms with E-state index in [0.717, 1.165) is 41.7 Å². The highest BCUT2D eigenvalue weighted by Crippen LogP contribution is 2.47. The zero-order valence-electron chi connectivity index (χ0n) is 15.5. The minimum atomic E-state index is -0.486. The molecule has 28 heavy (non-hydrogen) atoms. The summed E-state index contributed by atoms with van der Waals surface area (Å²) in [6.45, 7) is 1.42. The molecule has 1 unspecified atom stereocenters. The minimum absolute atomic E-state index is 0.0580. The summed E-state index contributed by atoms with van der Waals surface area (Å²) in [7, 11) is 0. The Balaban J connectivity index is 1.58. The Labute approximate surface area is 173 Å². The van der Waals surface area contributed by atoms with Crippen LogP contribution in [0.5, 0.6) is 0 Å². The van der Waals surface area contributed by atoms with Crippen molar-refractivity contribution in [1.82, 2.24) is 0 Å². The van der Waals surface area contributed by atoms with E-state index in [2.05, 4.69) is 5.32 Å². The van der Waals surface area contributed by atoms with Crippen LogP contribution in [-0.4, -0.2) is 25.0 Å². The van der Waals surface area contributed by atoms with Crippen molar-refractivity contribution in [3.05, 3.63) is 50.9 Å². The second-order valence-corrected chi connectivity index (χ2v) is 9.00. The van der Waals surface area contributed by atoms with Gasteiger partial charge in [-0.05, 0) is 54.9 Å². The Hall–Kier alpha value is -1.89. The van der Waals surface area contributed by atoms with E-state index in [-0.39, 0.29) is 11.8 Å². The van der Waals surface area contributed by atoms with Crippen molar-refractivity contribution >= 4 is 39.8 Å². The Bertz CT molecular complexity index is 888. The molecule has 1 aliphatic heterocycles.